The van der Waals surface area contributed by atoms with Gasteiger partial charge in [-0.15, -0.1) is 11.3 Å². The van der Waals surface area contributed by atoms with E-state index in [2.05, 4.69) is 6.07 Å². The van der Waals surface area contributed by atoms with Gasteiger partial charge in [0, 0.05) is 22.0 Å². The zero-order valence-corrected chi connectivity index (χ0v) is 22.4. The highest BCUT2D eigenvalue weighted by Crippen LogP contribution is 2.34. The summed E-state index contributed by atoms with van der Waals surface area (Å²) in [4.78, 5) is 31.9. The van der Waals surface area contributed by atoms with Gasteiger partial charge < -0.3 is 23.7 Å². The lowest BCUT2D eigenvalue weighted by atomic mass is 10.0. The molecule has 1 aliphatic rings. The van der Waals surface area contributed by atoms with E-state index in [1.807, 2.05) is 22.4 Å². The Morgan fingerprint density at radius 1 is 1.11 bits per heavy atom. The maximum Gasteiger partial charge on any atom is 0.254 e. The highest BCUT2D eigenvalue weighted by atomic mass is 35.5. The van der Waals surface area contributed by atoms with Crippen molar-refractivity contribution in [3.8, 4) is 11.5 Å². The molecule has 2 aromatic carbocycles. The molecule has 0 bridgehead atoms. The SMILES string of the molecule is COc1cccc(C(=O)N(CC(=O)N2CCc3sccc3C2COc2ccc(Cl)cc2)Cc2ccco2)c1. The molecule has 2 amide bonds. The van der Waals surface area contributed by atoms with E-state index in [-0.39, 0.29) is 30.9 Å². The van der Waals surface area contributed by atoms with Gasteiger partial charge in [-0.1, -0.05) is 17.7 Å². The first-order valence-electron chi connectivity index (χ1n) is 12.2. The van der Waals surface area contributed by atoms with Crippen LogP contribution in [-0.4, -0.2) is 48.4 Å². The molecule has 38 heavy (non-hydrogen) atoms. The third-order valence-corrected chi connectivity index (χ3v) is 7.74. The number of ether oxygens (including phenoxy) is 2. The van der Waals surface area contributed by atoms with E-state index in [1.165, 1.54) is 9.78 Å². The zero-order chi connectivity index (χ0) is 26.5. The molecule has 2 aromatic heterocycles. The minimum Gasteiger partial charge on any atom is -0.497 e. The molecule has 196 valence electrons. The summed E-state index contributed by atoms with van der Waals surface area (Å²) in [6.45, 7) is 0.897. The van der Waals surface area contributed by atoms with Gasteiger partial charge in [-0.2, -0.15) is 0 Å². The Balaban J connectivity index is 1.37. The van der Waals surface area contributed by atoms with Crippen LogP contribution in [-0.2, 0) is 17.8 Å². The highest BCUT2D eigenvalue weighted by Gasteiger charge is 2.34. The normalized spacial score (nSPS) is 14.6. The van der Waals surface area contributed by atoms with E-state index in [9.17, 15) is 9.59 Å². The lowest BCUT2D eigenvalue weighted by molar-refractivity contribution is -0.135. The van der Waals surface area contributed by atoms with E-state index >= 15 is 0 Å². The van der Waals surface area contributed by atoms with Crippen LogP contribution in [0.15, 0.2) is 82.8 Å². The van der Waals surface area contributed by atoms with Crippen LogP contribution in [0, 0.1) is 0 Å². The molecule has 0 N–H and O–H groups in total. The summed E-state index contributed by atoms with van der Waals surface area (Å²) in [5.41, 5.74) is 1.52. The molecule has 0 spiro atoms. The summed E-state index contributed by atoms with van der Waals surface area (Å²) < 4.78 is 16.9. The van der Waals surface area contributed by atoms with Crippen molar-refractivity contribution in [1.82, 2.24) is 9.80 Å². The highest BCUT2D eigenvalue weighted by molar-refractivity contribution is 7.10. The van der Waals surface area contributed by atoms with E-state index in [0.29, 0.717) is 41.0 Å². The van der Waals surface area contributed by atoms with Crippen LogP contribution >= 0.6 is 22.9 Å². The molecule has 0 saturated carbocycles. The van der Waals surface area contributed by atoms with Crippen LogP contribution in [0.1, 0.15) is 32.6 Å². The van der Waals surface area contributed by atoms with Crippen molar-refractivity contribution in [3.63, 3.8) is 0 Å². The van der Waals surface area contributed by atoms with Crippen LogP contribution in [0.5, 0.6) is 11.5 Å². The maximum absolute atomic E-state index is 13.8. The van der Waals surface area contributed by atoms with Gasteiger partial charge in [0.2, 0.25) is 5.91 Å². The first-order valence-corrected chi connectivity index (χ1v) is 13.5. The van der Waals surface area contributed by atoms with Crippen molar-refractivity contribution >= 4 is 34.8 Å². The smallest absolute Gasteiger partial charge is 0.254 e. The molecule has 0 radical (unpaired) electrons. The monoisotopic (exact) mass is 550 g/mol. The topological polar surface area (TPSA) is 72.2 Å². The van der Waals surface area contributed by atoms with Crippen LogP contribution < -0.4 is 9.47 Å². The van der Waals surface area contributed by atoms with Gasteiger partial charge in [0.05, 0.1) is 26.0 Å². The third-order valence-electron chi connectivity index (χ3n) is 6.49. The van der Waals surface area contributed by atoms with Gasteiger partial charge in [-0.25, -0.2) is 0 Å². The summed E-state index contributed by atoms with van der Waals surface area (Å²) in [6.07, 6.45) is 2.32. The van der Waals surface area contributed by atoms with Crippen LogP contribution in [0.2, 0.25) is 5.02 Å². The Bertz CT molecular complexity index is 1390. The van der Waals surface area contributed by atoms with Crippen molar-refractivity contribution in [2.75, 3.05) is 26.8 Å². The Hall–Kier alpha value is -3.75. The van der Waals surface area contributed by atoms with Gasteiger partial charge >= 0.3 is 0 Å². The minimum absolute atomic E-state index is 0.104. The van der Waals surface area contributed by atoms with Gasteiger partial charge in [-0.3, -0.25) is 9.59 Å². The number of furan rings is 1. The Morgan fingerprint density at radius 3 is 2.71 bits per heavy atom. The zero-order valence-electron chi connectivity index (χ0n) is 20.8. The van der Waals surface area contributed by atoms with E-state index in [1.54, 1.807) is 73.2 Å². The number of carbonyl (C=O) groups is 2. The largest absolute Gasteiger partial charge is 0.497 e. The first-order chi connectivity index (χ1) is 18.5. The Morgan fingerprint density at radius 2 is 1.95 bits per heavy atom. The lowest BCUT2D eigenvalue weighted by Crippen LogP contribution is -2.47. The number of thiophene rings is 1. The summed E-state index contributed by atoms with van der Waals surface area (Å²) >= 11 is 7.70. The number of benzene rings is 2. The molecule has 3 heterocycles. The fourth-order valence-corrected chi connectivity index (χ4v) is 5.62. The number of fused-ring (bicyclic) bond motifs is 1. The predicted molar refractivity (Wildman–Crippen MR) is 146 cm³/mol. The second kappa shape index (κ2) is 11.8. The average Bonchev–Trinajstić information content (AvgIpc) is 3.64. The van der Waals surface area contributed by atoms with Crippen molar-refractivity contribution in [1.29, 1.82) is 0 Å². The molecular weight excluding hydrogens is 524 g/mol. The summed E-state index contributed by atoms with van der Waals surface area (Å²) in [5.74, 6) is 1.40. The second-order valence-corrected chi connectivity index (χ2v) is 10.3. The third kappa shape index (κ3) is 5.87. The fraction of sp³-hybridized carbons (Fsp3) is 0.241. The maximum atomic E-state index is 13.8. The summed E-state index contributed by atoms with van der Waals surface area (Å²) in [6, 6.07) is 19.4. The quantitative estimate of drug-likeness (QED) is 0.261. The standard InChI is InChI=1S/C29H27ClN2O5S/c1-35-23-5-2-4-20(16-23)29(34)31(17-24-6-3-14-36-24)18-28(33)32-13-11-27-25(12-15-38-27)26(32)19-37-22-9-7-21(30)8-10-22/h2-10,12,14-16,26H,11,13,17-19H2,1H3. The van der Waals surface area contributed by atoms with Gasteiger partial charge in [0.15, 0.2) is 0 Å². The summed E-state index contributed by atoms with van der Waals surface area (Å²) in [5, 5.41) is 2.67. The molecule has 0 fully saturated rings. The number of halogens is 1. The second-order valence-electron chi connectivity index (χ2n) is 8.89. The molecule has 7 nitrogen and oxygen atoms in total. The van der Waals surface area contributed by atoms with Crippen LogP contribution in [0.4, 0.5) is 0 Å². The molecular formula is C29H27ClN2O5S. The summed E-state index contributed by atoms with van der Waals surface area (Å²) in [7, 11) is 1.55. The van der Waals surface area contributed by atoms with Crippen LogP contribution in [0.3, 0.4) is 0 Å². The van der Waals surface area contributed by atoms with Crippen LogP contribution in [0.25, 0.3) is 0 Å². The van der Waals surface area contributed by atoms with Gasteiger partial charge in [0.25, 0.3) is 5.91 Å². The molecule has 1 aliphatic heterocycles. The number of methoxy groups -OCH3 is 1. The molecule has 0 aliphatic carbocycles. The number of amides is 2. The number of hydrogen-bond donors (Lipinski definition) is 0. The number of rotatable bonds is 9. The lowest BCUT2D eigenvalue weighted by Gasteiger charge is -2.37. The minimum atomic E-state index is -0.282. The molecule has 4 aromatic rings. The predicted octanol–water partition coefficient (Wildman–Crippen LogP) is 5.85. The molecule has 5 rings (SSSR count). The Kier molecular flexibility index (Phi) is 8.00. The van der Waals surface area contributed by atoms with Gasteiger partial charge in [-0.05, 0) is 78.0 Å². The van der Waals surface area contributed by atoms with E-state index in [0.717, 1.165) is 12.0 Å². The number of nitrogens with zero attached hydrogens (tertiary/aromatic N) is 2. The van der Waals surface area contributed by atoms with E-state index in [4.69, 9.17) is 25.5 Å². The number of hydrogen-bond acceptors (Lipinski definition) is 6. The van der Waals surface area contributed by atoms with Gasteiger partial charge in [0.1, 0.15) is 30.4 Å². The van der Waals surface area contributed by atoms with E-state index < -0.39 is 0 Å². The first kappa shape index (κ1) is 25.9. The van der Waals surface area contributed by atoms with Crippen molar-refractivity contribution in [2.45, 2.75) is 19.0 Å². The molecule has 1 atom stereocenters. The molecule has 0 saturated heterocycles. The molecule has 9 heteroatoms. The Labute approximate surface area is 230 Å². The van der Waals surface area contributed by atoms with Crippen molar-refractivity contribution in [3.05, 3.63) is 105 Å². The van der Waals surface area contributed by atoms with Crippen molar-refractivity contribution in [2.24, 2.45) is 0 Å². The molecule has 1 unspecified atom stereocenters. The fourth-order valence-electron chi connectivity index (χ4n) is 4.56. The van der Waals surface area contributed by atoms with Crippen molar-refractivity contribution < 1.29 is 23.5 Å². The number of carbonyl (C=O) groups excluding carboxylic acids is 2. The average molecular weight is 551 g/mol.